The van der Waals surface area contributed by atoms with E-state index >= 15 is 0 Å². The van der Waals surface area contributed by atoms with Gasteiger partial charge in [-0.1, -0.05) is 18.2 Å². The topological polar surface area (TPSA) is 87.2 Å². The Bertz CT molecular complexity index is 1250. The van der Waals surface area contributed by atoms with Gasteiger partial charge in [-0.3, -0.25) is 9.59 Å². The highest BCUT2D eigenvalue weighted by Gasteiger charge is 2.27. The van der Waals surface area contributed by atoms with Gasteiger partial charge in [0.25, 0.3) is 0 Å². The summed E-state index contributed by atoms with van der Waals surface area (Å²) in [5, 5.41) is 0. The Morgan fingerprint density at radius 1 is 0.946 bits per heavy atom. The fourth-order valence-corrected chi connectivity index (χ4v) is 6.47. The number of ether oxygens (including phenoxy) is 1. The van der Waals surface area contributed by atoms with Crippen LogP contribution in [0, 0.1) is 13.8 Å². The van der Waals surface area contributed by atoms with Gasteiger partial charge in [-0.05, 0) is 80.7 Å². The number of ketones is 1. The number of hydrogen-bond donors (Lipinski definition) is 0. The van der Waals surface area contributed by atoms with Crippen LogP contribution < -0.4 is 4.74 Å². The molecule has 0 aliphatic heterocycles. The molecule has 1 aliphatic rings. The average molecular weight is 530 g/mol. The number of methoxy groups -OCH3 is 1. The molecule has 0 saturated carbocycles. The number of sulfonamides is 1. The second-order valence-electron chi connectivity index (χ2n) is 10.3. The van der Waals surface area contributed by atoms with E-state index in [-0.39, 0.29) is 36.0 Å². The number of Topliss-reactive ketones (excluding diaryl/α,β-unsaturated/α-hetero) is 1. The Kier molecular flexibility index (Phi) is 9.15. The molecule has 1 amide bonds. The van der Waals surface area contributed by atoms with Crippen molar-refractivity contribution in [1.82, 2.24) is 14.1 Å². The van der Waals surface area contributed by atoms with Crippen LogP contribution in [-0.2, 0) is 39.0 Å². The summed E-state index contributed by atoms with van der Waals surface area (Å²) >= 11 is 0. The molecule has 8 nitrogen and oxygen atoms in total. The predicted octanol–water partition coefficient (Wildman–Crippen LogP) is 2.97. The van der Waals surface area contributed by atoms with Crippen LogP contribution in [0.25, 0.3) is 0 Å². The minimum Gasteiger partial charge on any atom is -0.497 e. The SMILES string of the molecule is COc1cc(C)c(S(=O)(=O)N(C)CC(=O)CCC(=O)N(C)Cc2ccc3c(c2)CC(N(C)C)C3)c(C)c1. The highest BCUT2D eigenvalue weighted by Crippen LogP contribution is 2.28. The number of fused-ring (bicyclic) bond motifs is 1. The first-order chi connectivity index (χ1) is 17.3. The van der Waals surface area contributed by atoms with Crippen molar-refractivity contribution in [2.45, 2.75) is 57.0 Å². The van der Waals surface area contributed by atoms with E-state index in [4.69, 9.17) is 4.74 Å². The molecule has 0 aromatic heterocycles. The Hall–Kier alpha value is -2.75. The zero-order valence-electron chi connectivity index (χ0n) is 23.0. The Morgan fingerprint density at radius 2 is 1.57 bits per heavy atom. The second kappa shape index (κ2) is 11.8. The molecule has 9 heteroatoms. The van der Waals surface area contributed by atoms with Crippen LogP contribution in [-0.4, -0.2) is 82.1 Å². The van der Waals surface area contributed by atoms with Gasteiger partial charge in [-0.2, -0.15) is 4.31 Å². The lowest BCUT2D eigenvalue weighted by Gasteiger charge is -2.21. The number of carbonyl (C=O) groups is 2. The second-order valence-corrected chi connectivity index (χ2v) is 12.3. The number of hydrogen-bond acceptors (Lipinski definition) is 6. The fourth-order valence-electron chi connectivity index (χ4n) is 4.91. The lowest BCUT2D eigenvalue weighted by atomic mass is 10.1. The Morgan fingerprint density at radius 3 is 2.16 bits per heavy atom. The normalized spacial score (nSPS) is 15.2. The largest absolute Gasteiger partial charge is 0.497 e. The minimum atomic E-state index is -3.87. The van der Waals surface area contributed by atoms with Crippen LogP contribution in [0.1, 0.15) is 40.7 Å². The Balaban J connectivity index is 1.54. The van der Waals surface area contributed by atoms with Gasteiger partial charge in [-0.25, -0.2) is 8.42 Å². The highest BCUT2D eigenvalue weighted by molar-refractivity contribution is 7.89. The van der Waals surface area contributed by atoms with Crippen LogP contribution in [0.4, 0.5) is 0 Å². The summed E-state index contributed by atoms with van der Waals surface area (Å²) in [5.41, 5.74) is 4.87. The highest BCUT2D eigenvalue weighted by atomic mass is 32.2. The number of nitrogens with zero attached hydrogens (tertiary/aromatic N) is 3. The number of aryl methyl sites for hydroxylation is 2. The molecule has 1 unspecified atom stereocenters. The van der Waals surface area contributed by atoms with Gasteiger partial charge in [0.1, 0.15) is 11.5 Å². The maximum Gasteiger partial charge on any atom is 0.243 e. The minimum absolute atomic E-state index is 0.0156. The van der Waals surface area contributed by atoms with Gasteiger partial charge in [0.2, 0.25) is 15.9 Å². The van der Waals surface area contributed by atoms with Gasteiger partial charge < -0.3 is 14.5 Å². The number of carbonyl (C=O) groups excluding carboxylic acids is 2. The molecule has 1 atom stereocenters. The maximum absolute atomic E-state index is 13.2. The molecule has 0 radical (unpaired) electrons. The molecule has 37 heavy (non-hydrogen) atoms. The summed E-state index contributed by atoms with van der Waals surface area (Å²) in [4.78, 5) is 29.3. The average Bonchev–Trinajstić information content (AvgIpc) is 3.25. The molecule has 2 aromatic rings. The van der Waals surface area contributed by atoms with Gasteiger partial charge in [-0.15, -0.1) is 0 Å². The number of amides is 1. The van der Waals surface area contributed by atoms with E-state index in [1.807, 2.05) is 0 Å². The number of likely N-dealkylation sites (N-methyl/N-ethyl adjacent to an activating group) is 2. The number of rotatable bonds is 11. The zero-order valence-corrected chi connectivity index (χ0v) is 23.8. The summed E-state index contributed by atoms with van der Waals surface area (Å²) in [5.74, 6) is 0.129. The third kappa shape index (κ3) is 6.77. The quantitative estimate of drug-likeness (QED) is 0.445. The van der Waals surface area contributed by atoms with Crippen molar-refractivity contribution >= 4 is 21.7 Å². The molecule has 0 N–H and O–H groups in total. The predicted molar refractivity (Wildman–Crippen MR) is 144 cm³/mol. The summed E-state index contributed by atoms with van der Waals surface area (Å²) in [7, 11) is 4.97. The molecule has 3 rings (SSSR count). The van der Waals surface area contributed by atoms with Crippen molar-refractivity contribution in [3.05, 3.63) is 58.1 Å². The molecule has 1 aliphatic carbocycles. The van der Waals surface area contributed by atoms with Crippen molar-refractivity contribution < 1.29 is 22.7 Å². The van der Waals surface area contributed by atoms with Crippen molar-refractivity contribution in [3.8, 4) is 5.75 Å². The molecule has 0 fully saturated rings. The molecule has 0 bridgehead atoms. The smallest absolute Gasteiger partial charge is 0.243 e. The van der Waals surface area contributed by atoms with E-state index in [0.29, 0.717) is 29.5 Å². The van der Waals surface area contributed by atoms with Gasteiger partial charge >= 0.3 is 0 Å². The molecule has 202 valence electrons. The summed E-state index contributed by atoms with van der Waals surface area (Å²) in [6.45, 7) is 3.58. The molecular formula is C28H39N3O5S. The first-order valence-corrected chi connectivity index (χ1v) is 13.9. The van der Waals surface area contributed by atoms with Crippen LogP contribution in [0.2, 0.25) is 0 Å². The Labute approximate surface area is 221 Å². The monoisotopic (exact) mass is 529 g/mol. The van der Waals surface area contributed by atoms with E-state index < -0.39 is 10.0 Å². The standard InChI is InChI=1S/C28H39N3O5S/c1-19-12-26(36-7)13-20(2)28(19)37(34,35)31(6)18-25(32)10-11-27(33)30(5)17-21-8-9-22-15-24(29(3)4)16-23(22)14-21/h8-9,12-14,24H,10-11,15-18H2,1-7H3. The van der Waals surface area contributed by atoms with Gasteiger partial charge in [0.15, 0.2) is 0 Å². The summed E-state index contributed by atoms with van der Waals surface area (Å²) in [6.07, 6.45) is 2.07. The first-order valence-electron chi connectivity index (χ1n) is 12.5. The van der Waals surface area contributed by atoms with E-state index in [0.717, 1.165) is 22.7 Å². The van der Waals surface area contributed by atoms with Crippen molar-refractivity contribution in [1.29, 1.82) is 0 Å². The first kappa shape index (κ1) is 28.8. The lowest BCUT2D eigenvalue weighted by molar-refractivity contribution is -0.132. The molecule has 0 saturated heterocycles. The van der Waals surface area contributed by atoms with Crippen LogP contribution in [0.3, 0.4) is 0 Å². The summed E-state index contributed by atoms with van der Waals surface area (Å²) in [6, 6.07) is 10.2. The third-order valence-electron chi connectivity index (χ3n) is 7.11. The maximum atomic E-state index is 13.2. The fraction of sp³-hybridized carbons (Fsp3) is 0.500. The van der Waals surface area contributed by atoms with Gasteiger partial charge in [0.05, 0.1) is 18.6 Å². The van der Waals surface area contributed by atoms with E-state index in [1.165, 1.54) is 25.3 Å². The van der Waals surface area contributed by atoms with E-state index in [2.05, 4.69) is 37.2 Å². The van der Waals surface area contributed by atoms with Crippen LogP contribution in [0.15, 0.2) is 35.2 Å². The van der Waals surface area contributed by atoms with Gasteiger partial charge in [0, 0.05) is 39.5 Å². The van der Waals surface area contributed by atoms with E-state index in [1.54, 1.807) is 37.9 Å². The molecule has 0 spiro atoms. The zero-order chi connectivity index (χ0) is 27.5. The lowest BCUT2D eigenvalue weighted by Crippen LogP contribution is -2.34. The molecular weight excluding hydrogens is 490 g/mol. The van der Waals surface area contributed by atoms with Crippen molar-refractivity contribution in [3.63, 3.8) is 0 Å². The number of benzene rings is 2. The van der Waals surface area contributed by atoms with Crippen molar-refractivity contribution in [2.75, 3.05) is 41.8 Å². The van der Waals surface area contributed by atoms with Crippen LogP contribution >= 0.6 is 0 Å². The molecule has 2 aromatic carbocycles. The van der Waals surface area contributed by atoms with Crippen molar-refractivity contribution in [2.24, 2.45) is 0 Å². The third-order valence-corrected chi connectivity index (χ3v) is 9.22. The van der Waals surface area contributed by atoms with E-state index in [9.17, 15) is 18.0 Å². The molecule has 0 heterocycles. The summed E-state index contributed by atoms with van der Waals surface area (Å²) < 4.78 is 32.6. The van der Waals surface area contributed by atoms with Crippen LogP contribution in [0.5, 0.6) is 5.75 Å².